The quantitative estimate of drug-likeness (QED) is 0.620. The molecule has 5 heterocycles. The molecule has 2 aliphatic heterocycles. The Morgan fingerprint density at radius 3 is 2.82 bits per heavy atom. The van der Waals surface area contributed by atoms with Gasteiger partial charge in [0.05, 0.1) is 17.8 Å². The second kappa shape index (κ2) is 8.85. The SMILES string of the molecule is CO[C@@]1(c2cc(C)cc(-n3cc(C4CCNCC4)c4cnc(NC(C)=O)cc43)n2)CCOC1. The molecule has 0 aliphatic carbocycles. The van der Waals surface area contributed by atoms with Crippen LogP contribution in [0.25, 0.3) is 16.7 Å². The summed E-state index contributed by atoms with van der Waals surface area (Å²) in [5.74, 6) is 1.69. The summed E-state index contributed by atoms with van der Waals surface area (Å²) in [6.07, 6.45) is 7.04. The minimum absolute atomic E-state index is 0.141. The Labute approximate surface area is 193 Å². The number of anilines is 1. The first kappa shape index (κ1) is 22.0. The maximum Gasteiger partial charge on any atom is 0.222 e. The Balaban J connectivity index is 1.67. The average molecular weight is 450 g/mol. The second-order valence-corrected chi connectivity index (χ2v) is 9.14. The summed E-state index contributed by atoms with van der Waals surface area (Å²) in [6, 6.07) is 6.12. The number of methoxy groups -OCH3 is 1. The number of amides is 1. The molecule has 0 bridgehead atoms. The van der Waals surface area contributed by atoms with Crippen molar-refractivity contribution in [1.82, 2.24) is 19.9 Å². The lowest BCUT2D eigenvalue weighted by molar-refractivity contribution is -0.114. The van der Waals surface area contributed by atoms with Crippen molar-refractivity contribution in [3.63, 3.8) is 0 Å². The number of carbonyl (C=O) groups excluding carboxylic acids is 1. The van der Waals surface area contributed by atoms with Gasteiger partial charge >= 0.3 is 0 Å². The van der Waals surface area contributed by atoms with Crippen LogP contribution in [0.5, 0.6) is 0 Å². The molecule has 3 aromatic rings. The molecule has 1 atom stereocenters. The van der Waals surface area contributed by atoms with Crippen molar-refractivity contribution in [3.8, 4) is 5.82 Å². The van der Waals surface area contributed by atoms with E-state index in [1.54, 1.807) is 7.11 Å². The summed E-state index contributed by atoms with van der Waals surface area (Å²) >= 11 is 0. The predicted octanol–water partition coefficient (Wildman–Crippen LogP) is 3.42. The van der Waals surface area contributed by atoms with Crippen molar-refractivity contribution in [2.24, 2.45) is 0 Å². The fourth-order valence-electron chi connectivity index (χ4n) is 5.06. The van der Waals surface area contributed by atoms with Crippen LogP contribution in [0.15, 0.2) is 30.6 Å². The largest absolute Gasteiger partial charge is 0.378 e. The molecule has 2 saturated heterocycles. The topological polar surface area (TPSA) is 90.3 Å². The molecule has 8 heteroatoms. The number of pyridine rings is 2. The number of piperidine rings is 1. The number of nitrogens with one attached hydrogen (secondary N) is 2. The molecule has 1 amide bonds. The van der Waals surface area contributed by atoms with Gasteiger partial charge in [0.15, 0.2) is 0 Å². The van der Waals surface area contributed by atoms with E-state index < -0.39 is 5.60 Å². The maximum absolute atomic E-state index is 11.7. The normalized spacial score (nSPS) is 21.5. The van der Waals surface area contributed by atoms with Gasteiger partial charge in [0.25, 0.3) is 0 Å². The molecule has 0 unspecified atom stereocenters. The number of hydrogen-bond acceptors (Lipinski definition) is 6. The molecule has 174 valence electrons. The Hall–Kier alpha value is -2.81. The Kier molecular flexibility index (Phi) is 5.90. The zero-order chi connectivity index (χ0) is 23.0. The van der Waals surface area contributed by atoms with E-state index in [0.29, 0.717) is 24.9 Å². The summed E-state index contributed by atoms with van der Waals surface area (Å²) in [7, 11) is 1.73. The molecule has 2 fully saturated rings. The number of nitrogens with zero attached hydrogens (tertiary/aromatic N) is 3. The van der Waals surface area contributed by atoms with Crippen molar-refractivity contribution >= 4 is 22.6 Å². The summed E-state index contributed by atoms with van der Waals surface area (Å²) in [5.41, 5.74) is 3.74. The average Bonchev–Trinajstić information content (AvgIpc) is 3.44. The highest BCUT2D eigenvalue weighted by Crippen LogP contribution is 2.37. The first-order valence-corrected chi connectivity index (χ1v) is 11.6. The molecule has 3 aromatic heterocycles. The third-order valence-electron chi connectivity index (χ3n) is 6.85. The van der Waals surface area contributed by atoms with Gasteiger partial charge in [-0.25, -0.2) is 9.97 Å². The molecule has 5 rings (SSSR count). The number of aromatic nitrogens is 3. The van der Waals surface area contributed by atoms with Crippen LogP contribution >= 0.6 is 0 Å². The lowest BCUT2D eigenvalue weighted by atomic mass is 9.90. The van der Waals surface area contributed by atoms with Crippen LogP contribution in [-0.2, 0) is 19.9 Å². The summed E-state index contributed by atoms with van der Waals surface area (Å²) in [4.78, 5) is 21.2. The van der Waals surface area contributed by atoms with Crippen molar-refractivity contribution in [1.29, 1.82) is 0 Å². The van der Waals surface area contributed by atoms with Crippen molar-refractivity contribution in [3.05, 3.63) is 47.4 Å². The van der Waals surface area contributed by atoms with Gasteiger partial charge in [0.1, 0.15) is 17.2 Å². The highest BCUT2D eigenvalue weighted by Gasteiger charge is 2.38. The van der Waals surface area contributed by atoms with Crippen LogP contribution in [0.2, 0.25) is 0 Å². The second-order valence-electron chi connectivity index (χ2n) is 9.14. The zero-order valence-corrected chi connectivity index (χ0v) is 19.5. The Morgan fingerprint density at radius 2 is 2.12 bits per heavy atom. The fourth-order valence-corrected chi connectivity index (χ4v) is 5.06. The van der Waals surface area contributed by atoms with Gasteiger partial charge in [-0.3, -0.25) is 4.79 Å². The van der Waals surface area contributed by atoms with E-state index in [-0.39, 0.29) is 5.91 Å². The highest BCUT2D eigenvalue weighted by molar-refractivity contribution is 5.92. The molecule has 0 spiro atoms. The van der Waals surface area contributed by atoms with E-state index in [1.165, 1.54) is 12.5 Å². The fraction of sp³-hybridized carbons (Fsp3) is 0.480. The van der Waals surface area contributed by atoms with Crippen molar-refractivity contribution in [2.45, 2.75) is 44.6 Å². The van der Waals surface area contributed by atoms with Gasteiger partial charge in [0, 0.05) is 50.9 Å². The molecule has 0 saturated carbocycles. The minimum atomic E-state index is -0.523. The standard InChI is InChI=1S/C25H31N5O3/c1-16-10-22(25(32-3)6-9-33-15-25)29-24(11-16)30-14-20(18-4-7-26-8-5-18)19-13-27-23(12-21(19)30)28-17(2)31/h10-14,18,26H,4-9,15H2,1-3H3,(H,27,28,31)/t25-/m0/s1. The predicted molar refractivity (Wildman–Crippen MR) is 127 cm³/mol. The van der Waals surface area contributed by atoms with Crippen LogP contribution in [0.3, 0.4) is 0 Å². The van der Waals surface area contributed by atoms with E-state index >= 15 is 0 Å². The van der Waals surface area contributed by atoms with Crippen molar-refractivity contribution in [2.75, 3.05) is 38.7 Å². The third kappa shape index (κ3) is 4.14. The maximum atomic E-state index is 11.7. The first-order chi connectivity index (χ1) is 16.0. The number of hydrogen-bond donors (Lipinski definition) is 2. The van der Waals surface area contributed by atoms with Crippen LogP contribution in [-0.4, -0.2) is 53.9 Å². The molecular weight excluding hydrogens is 418 g/mol. The highest BCUT2D eigenvalue weighted by atomic mass is 16.5. The number of carbonyl (C=O) groups is 1. The van der Waals surface area contributed by atoms with E-state index in [2.05, 4.69) is 45.4 Å². The van der Waals surface area contributed by atoms with Crippen LogP contribution in [0.1, 0.15) is 48.9 Å². The van der Waals surface area contributed by atoms with Gasteiger partial charge in [-0.2, -0.15) is 0 Å². The lowest BCUT2D eigenvalue weighted by Crippen LogP contribution is -2.30. The minimum Gasteiger partial charge on any atom is -0.378 e. The molecule has 0 radical (unpaired) electrons. The van der Waals surface area contributed by atoms with E-state index in [9.17, 15) is 4.79 Å². The van der Waals surface area contributed by atoms with Gasteiger partial charge in [-0.1, -0.05) is 0 Å². The van der Waals surface area contributed by atoms with Gasteiger partial charge in [-0.05, 0) is 62.0 Å². The van der Waals surface area contributed by atoms with Gasteiger partial charge in [-0.15, -0.1) is 0 Å². The summed E-state index contributed by atoms with van der Waals surface area (Å²) < 4.78 is 13.7. The summed E-state index contributed by atoms with van der Waals surface area (Å²) in [6.45, 7) is 6.76. The van der Waals surface area contributed by atoms with Crippen LogP contribution < -0.4 is 10.6 Å². The van der Waals surface area contributed by atoms with E-state index in [4.69, 9.17) is 14.5 Å². The number of ether oxygens (including phenoxy) is 2. The molecule has 0 aromatic carbocycles. The molecular formula is C25H31N5O3. The Bertz CT molecular complexity index is 1180. The molecule has 2 N–H and O–H groups in total. The lowest BCUT2D eigenvalue weighted by Gasteiger charge is -2.26. The monoisotopic (exact) mass is 449 g/mol. The smallest absolute Gasteiger partial charge is 0.222 e. The van der Waals surface area contributed by atoms with E-state index in [1.807, 2.05) is 12.3 Å². The first-order valence-electron chi connectivity index (χ1n) is 11.6. The molecule has 8 nitrogen and oxygen atoms in total. The van der Waals surface area contributed by atoms with Gasteiger partial charge < -0.3 is 24.7 Å². The zero-order valence-electron chi connectivity index (χ0n) is 19.5. The number of fused-ring (bicyclic) bond motifs is 1. The number of rotatable bonds is 5. The molecule has 33 heavy (non-hydrogen) atoms. The van der Waals surface area contributed by atoms with E-state index in [0.717, 1.165) is 60.3 Å². The Morgan fingerprint density at radius 1 is 1.30 bits per heavy atom. The molecule has 2 aliphatic rings. The van der Waals surface area contributed by atoms with Crippen molar-refractivity contribution < 1.29 is 14.3 Å². The van der Waals surface area contributed by atoms with Gasteiger partial charge in [0.2, 0.25) is 5.91 Å². The van der Waals surface area contributed by atoms with Crippen LogP contribution in [0.4, 0.5) is 5.82 Å². The third-order valence-corrected chi connectivity index (χ3v) is 6.85. The van der Waals surface area contributed by atoms with Crippen LogP contribution in [0, 0.1) is 6.92 Å². The summed E-state index contributed by atoms with van der Waals surface area (Å²) in [5, 5.41) is 7.37. The number of aryl methyl sites for hydroxylation is 1.